The smallest absolute Gasteiger partial charge is 0.272 e. The molecule has 0 aliphatic rings. The van der Waals surface area contributed by atoms with Gasteiger partial charge in [-0.1, -0.05) is 6.07 Å². The van der Waals surface area contributed by atoms with E-state index in [0.29, 0.717) is 34.9 Å². The molecule has 0 saturated heterocycles. The first-order chi connectivity index (χ1) is 17.2. The number of benzene rings is 1. The van der Waals surface area contributed by atoms with E-state index in [0.717, 1.165) is 23.9 Å². The second-order valence-corrected chi connectivity index (χ2v) is 9.09. The van der Waals surface area contributed by atoms with Crippen LogP contribution in [0.5, 0.6) is 0 Å². The number of nitrogens with one attached hydrogen (secondary N) is 4. The molecule has 0 aliphatic carbocycles. The fraction of sp³-hybridized carbons (Fsp3) is 0.269. The van der Waals surface area contributed by atoms with Crippen LogP contribution >= 0.6 is 0 Å². The van der Waals surface area contributed by atoms with Crippen molar-refractivity contribution in [1.82, 2.24) is 19.0 Å². The monoisotopic (exact) mass is 489 g/mol. The van der Waals surface area contributed by atoms with Crippen molar-refractivity contribution in [2.24, 2.45) is 14.1 Å². The molecule has 10 heteroatoms. The van der Waals surface area contributed by atoms with Gasteiger partial charge in [0.15, 0.2) is 0 Å². The molecule has 0 atom stereocenters. The van der Waals surface area contributed by atoms with Crippen LogP contribution in [0.4, 0.5) is 17.1 Å². The summed E-state index contributed by atoms with van der Waals surface area (Å²) in [6.45, 7) is 0.828. The summed E-state index contributed by atoms with van der Waals surface area (Å²) in [6, 6.07) is 10.9. The molecule has 0 saturated carbocycles. The van der Waals surface area contributed by atoms with E-state index in [1.54, 1.807) is 47.8 Å². The van der Waals surface area contributed by atoms with Crippen LogP contribution in [0.2, 0.25) is 0 Å². The van der Waals surface area contributed by atoms with Crippen LogP contribution < -0.4 is 16.0 Å². The van der Waals surface area contributed by atoms with Gasteiger partial charge in [-0.05, 0) is 62.8 Å². The predicted molar refractivity (Wildman–Crippen MR) is 141 cm³/mol. The lowest BCUT2D eigenvalue weighted by Crippen LogP contribution is -2.17. The largest absolute Gasteiger partial charge is 0.361 e. The zero-order valence-electron chi connectivity index (χ0n) is 20.9. The van der Waals surface area contributed by atoms with Crippen molar-refractivity contribution >= 4 is 45.7 Å². The molecular weight excluding hydrogens is 458 g/mol. The molecule has 36 heavy (non-hydrogen) atoms. The van der Waals surface area contributed by atoms with Crippen LogP contribution in [0, 0.1) is 0 Å². The molecule has 0 aliphatic heterocycles. The number of carbonyl (C=O) groups excluding carboxylic acids is 3. The number of rotatable bonds is 9. The predicted octanol–water partition coefficient (Wildman–Crippen LogP) is 3.63. The van der Waals surface area contributed by atoms with Gasteiger partial charge in [0.25, 0.3) is 11.8 Å². The van der Waals surface area contributed by atoms with Gasteiger partial charge in [-0.15, -0.1) is 0 Å². The maximum absolute atomic E-state index is 12.9. The molecule has 3 heterocycles. The van der Waals surface area contributed by atoms with E-state index in [9.17, 15) is 14.4 Å². The van der Waals surface area contributed by atoms with Gasteiger partial charge in [0.05, 0.1) is 11.4 Å². The lowest BCUT2D eigenvalue weighted by molar-refractivity contribution is -0.116. The zero-order chi connectivity index (χ0) is 25.8. The maximum atomic E-state index is 12.9. The van der Waals surface area contributed by atoms with E-state index in [1.165, 1.54) is 0 Å². The third kappa shape index (κ3) is 5.84. The van der Waals surface area contributed by atoms with Gasteiger partial charge in [-0.3, -0.25) is 14.4 Å². The number of amides is 3. The van der Waals surface area contributed by atoms with Crippen molar-refractivity contribution in [3.8, 4) is 0 Å². The molecule has 0 spiro atoms. The third-order valence-electron chi connectivity index (χ3n) is 5.84. The number of hydrogen-bond donors (Lipinski definition) is 4. The number of fused-ring (bicyclic) bond motifs is 1. The molecule has 0 radical (unpaired) electrons. The van der Waals surface area contributed by atoms with Gasteiger partial charge >= 0.3 is 0 Å². The van der Waals surface area contributed by atoms with E-state index in [1.807, 2.05) is 49.5 Å². The van der Waals surface area contributed by atoms with Gasteiger partial charge in [0.2, 0.25) is 5.91 Å². The SMILES string of the molecule is CN(C)CCCC(=O)Nc1cc(C(=O)Nc2cc(C(=O)Nc3ccc4cc[nH]c4c3)n(C)c2)n(C)c1. The molecule has 188 valence electrons. The number of anilines is 3. The maximum Gasteiger partial charge on any atom is 0.272 e. The summed E-state index contributed by atoms with van der Waals surface area (Å²) < 4.78 is 3.31. The summed E-state index contributed by atoms with van der Waals surface area (Å²) in [5.74, 6) is -0.731. The quantitative estimate of drug-likeness (QED) is 0.287. The Bertz CT molecular complexity index is 1410. The van der Waals surface area contributed by atoms with Gasteiger partial charge in [0.1, 0.15) is 11.4 Å². The molecule has 3 amide bonds. The summed E-state index contributed by atoms with van der Waals surface area (Å²) in [4.78, 5) is 43.1. The van der Waals surface area contributed by atoms with Crippen LogP contribution in [0.1, 0.15) is 33.8 Å². The molecule has 4 N–H and O–H groups in total. The van der Waals surface area contributed by atoms with Crippen molar-refractivity contribution in [2.45, 2.75) is 12.8 Å². The van der Waals surface area contributed by atoms with E-state index in [-0.39, 0.29) is 17.7 Å². The third-order valence-corrected chi connectivity index (χ3v) is 5.84. The first-order valence-corrected chi connectivity index (χ1v) is 11.7. The molecule has 10 nitrogen and oxygen atoms in total. The average Bonchev–Trinajstić information content (AvgIpc) is 3.51. The number of hydrogen-bond acceptors (Lipinski definition) is 4. The lowest BCUT2D eigenvalue weighted by Gasteiger charge is -2.08. The lowest BCUT2D eigenvalue weighted by atomic mass is 10.2. The zero-order valence-corrected chi connectivity index (χ0v) is 20.9. The van der Waals surface area contributed by atoms with Crippen molar-refractivity contribution in [1.29, 1.82) is 0 Å². The van der Waals surface area contributed by atoms with E-state index >= 15 is 0 Å². The molecule has 0 fully saturated rings. The van der Waals surface area contributed by atoms with Gasteiger partial charge < -0.3 is 35.0 Å². The Kier molecular flexibility index (Phi) is 7.25. The second-order valence-electron chi connectivity index (χ2n) is 9.09. The van der Waals surface area contributed by atoms with Crippen molar-refractivity contribution in [2.75, 3.05) is 36.6 Å². The Hall–Kier alpha value is -4.31. The van der Waals surface area contributed by atoms with Crippen LogP contribution in [-0.4, -0.2) is 57.4 Å². The summed E-state index contributed by atoms with van der Waals surface area (Å²) in [7, 11) is 7.41. The highest BCUT2D eigenvalue weighted by Gasteiger charge is 2.17. The summed E-state index contributed by atoms with van der Waals surface area (Å²) in [5, 5.41) is 9.62. The van der Waals surface area contributed by atoms with Crippen LogP contribution in [0.3, 0.4) is 0 Å². The minimum Gasteiger partial charge on any atom is -0.361 e. The first kappa shape index (κ1) is 24.8. The van der Waals surface area contributed by atoms with E-state index in [2.05, 4.69) is 20.9 Å². The minimum absolute atomic E-state index is 0.0939. The molecule has 1 aromatic carbocycles. The summed E-state index contributed by atoms with van der Waals surface area (Å²) in [6.07, 6.45) is 6.38. The van der Waals surface area contributed by atoms with Gasteiger partial charge in [-0.2, -0.15) is 0 Å². The second kappa shape index (κ2) is 10.5. The van der Waals surface area contributed by atoms with Gasteiger partial charge in [-0.25, -0.2) is 0 Å². The number of H-pyrrole nitrogens is 1. The van der Waals surface area contributed by atoms with Crippen molar-refractivity contribution in [3.63, 3.8) is 0 Å². The fourth-order valence-electron chi connectivity index (χ4n) is 4.01. The number of aromatic nitrogens is 3. The number of nitrogens with zero attached hydrogens (tertiary/aromatic N) is 3. The average molecular weight is 490 g/mol. The normalized spacial score (nSPS) is 11.1. The summed E-state index contributed by atoms with van der Waals surface area (Å²) >= 11 is 0. The molecule has 0 bridgehead atoms. The number of carbonyl (C=O) groups is 3. The van der Waals surface area contributed by atoms with E-state index < -0.39 is 0 Å². The first-order valence-electron chi connectivity index (χ1n) is 11.7. The Morgan fingerprint density at radius 3 is 2.08 bits per heavy atom. The van der Waals surface area contributed by atoms with Crippen LogP contribution in [-0.2, 0) is 18.9 Å². The van der Waals surface area contributed by atoms with Crippen LogP contribution in [0.25, 0.3) is 10.9 Å². The highest BCUT2D eigenvalue weighted by Crippen LogP contribution is 2.21. The molecule has 3 aromatic heterocycles. The standard InChI is InChI=1S/C26H31N7O3/c1-31(2)11-5-6-24(34)28-19-13-22(32(3)15-19)26(36)30-20-14-23(33(4)16-20)25(35)29-18-8-7-17-9-10-27-21(17)12-18/h7-10,12-16,27H,5-6,11H2,1-4H3,(H,28,34)(H,29,35)(H,30,36). The Morgan fingerprint density at radius 2 is 1.44 bits per heavy atom. The highest BCUT2D eigenvalue weighted by atomic mass is 16.2. The van der Waals surface area contributed by atoms with E-state index in [4.69, 9.17) is 0 Å². The molecule has 4 rings (SSSR count). The van der Waals surface area contributed by atoms with Crippen molar-refractivity contribution < 1.29 is 14.4 Å². The Balaban J connectivity index is 1.38. The topological polar surface area (TPSA) is 116 Å². The highest BCUT2D eigenvalue weighted by molar-refractivity contribution is 6.07. The number of aromatic amines is 1. The fourth-order valence-corrected chi connectivity index (χ4v) is 4.01. The Morgan fingerprint density at radius 1 is 0.833 bits per heavy atom. The van der Waals surface area contributed by atoms with Gasteiger partial charge in [0, 0.05) is 50.3 Å². The van der Waals surface area contributed by atoms with Crippen LogP contribution in [0.15, 0.2) is 55.0 Å². The van der Waals surface area contributed by atoms with Crippen molar-refractivity contribution in [3.05, 3.63) is 66.4 Å². The minimum atomic E-state index is -0.347. The Labute approximate surface area is 209 Å². The number of aryl methyl sites for hydroxylation is 2. The summed E-state index contributed by atoms with van der Waals surface area (Å²) in [5.41, 5.74) is 3.43. The molecular formula is C26H31N7O3. The molecule has 0 unspecified atom stereocenters. The molecule has 4 aromatic rings.